The lowest BCUT2D eigenvalue weighted by Gasteiger charge is -2.27. The second-order valence-electron chi connectivity index (χ2n) is 16.5. The summed E-state index contributed by atoms with van der Waals surface area (Å²) in [6, 6.07) is 92.6. The van der Waals surface area contributed by atoms with Gasteiger partial charge in [-0.1, -0.05) is 200 Å². The molecule has 0 fully saturated rings. The predicted molar refractivity (Wildman–Crippen MR) is 270 cm³/mol. The van der Waals surface area contributed by atoms with Crippen molar-refractivity contribution in [2.75, 3.05) is 4.90 Å². The third-order valence-electron chi connectivity index (χ3n) is 12.5. The molecule has 0 aliphatic rings. The Morgan fingerprint density at radius 2 is 0.812 bits per heavy atom. The summed E-state index contributed by atoms with van der Waals surface area (Å²) in [6.45, 7) is 0. The van der Waals surface area contributed by atoms with E-state index in [9.17, 15) is 0 Å². The van der Waals surface area contributed by atoms with Crippen molar-refractivity contribution in [2.24, 2.45) is 0 Å². The zero-order valence-corrected chi connectivity index (χ0v) is 35.6. The van der Waals surface area contributed by atoms with E-state index in [1.807, 2.05) is 0 Å². The molecule has 1 heterocycles. The van der Waals surface area contributed by atoms with Crippen molar-refractivity contribution in [3.63, 3.8) is 0 Å². The van der Waals surface area contributed by atoms with Crippen LogP contribution >= 0.6 is 0 Å². The fourth-order valence-corrected chi connectivity index (χ4v) is 9.50. The van der Waals surface area contributed by atoms with Crippen molar-refractivity contribution in [3.8, 4) is 39.1 Å². The van der Waals surface area contributed by atoms with E-state index < -0.39 is 0 Å². The van der Waals surface area contributed by atoms with Gasteiger partial charge in [-0.2, -0.15) is 0 Å². The molecule has 2 heteroatoms. The molecular formula is C62H46N2. The Kier molecular flexibility index (Phi) is 10.5. The number of fused-ring (bicyclic) bond motifs is 3. The van der Waals surface area contributed by atoms with Crippen LogP contribution in [0.2, 0.25) is 0 Å². The third-order valence-corrected chi connectivity index (χ3v) is 12.5. The van der Waals surface area contributed by atoms with Gasteiger partial charge >= 0.3 is 0 Å². The zero-order valence-electron chi connectivity index (χ0n) is 35.6. The van der Waals surface area contributed by atoms with Gasteiger partial charge in [0.25, 0.3) is 0 Å². The van der Waals surface area contributed by atoms with Crippen LogP contribution in [0, 0.1) is 0 Å². The summed E-state index contributed by atoms with van der Waals surface area (Å²) in [7, 11) is 0. The van der Waals surface area contributed by atoms with E-state index in [0.717, 1.165) is 41.1 Å². The van der Waals surface area contributed by atoms with E-state index in [-0.39, 0.29) is 0 Å². The Labute approximate surface area is 375 Å². The first-order valence-corrected chi connectivity index (χ1v) is 22.2. The van der Waals surface area contributed by atoms with Crippen LogP contribution in [0.15, 0.2) is 255 Å². The SMILES string of the molecule is c1ccc(Cc2ccccc2-c2ccccc2Cc2cccc(N(c3ccc(-c4ccccc4)cc3)c3ccc4c5c(-c6ccccc6)cccc5n(-c5ccccc5)c4c3)c2)cc1. The van der Waals surface area contributed by atoms with Gasteiger partial charge in [-0.25, -0.2) is 0 Å². The number of benzene rings is 10. The summed E-state index contributed by atoms with van der Waals surface area (Å²) in [6.07, 6.45) is 1.69. The highest BCUT2D eigenvalue weighted by Gasteiger charge is 2.20. The number of anilines is 3. The van der Waals surface area contributed by atoms with Gasteiger partial charge in [0, 0.05) is 33.5 Å². The average molecular weight is 819 g/mol. The van der Waals surface area contributed by atoms with Crippen LogP contribution in [0.3, 0.4) is 0 Å². The molecule has 0 saturated carbocycles. The van der Waals surface area contributed by atoms with Crippen LogP contribution in [0.4, 0.5) is 17.1 Å². The van der Waals surface area contributed by atoms with Crippen molar-refractivity contribution < 1.29 is 0 Å². The van der Waals surface area contributed by atoms with E-state index in [2.05, 4.69) is 264 Å². The van der Waals surface area contributed by atoms with Gasteiger partial charge < -0.3 is 9.47 Å². The summed E-state index contributed by atoms with van der Waals surface area (Å²) >= 11 is 0. The second kappa shape index (κ2) is 17.3. The zero-order chi connectivity index (χ0) is 42.7. The minimum Gasteiger partial charge on any atom is -0.310 e. The van der Waals surface area contributed by atoms with Crippen molar-refractivity contribution in [3.05, 3.63) is 277 Å². The number of nitrogens with zero attached hydrogens (tertiary/aromatic N) is 2. The maximum atomic E-state index is 2.43. The Bertz CT molecular complexity index is 3350. The summed E-state index contributed by atoms with van der Waals surface area (Å²) in [5.74, 6) is 0. The normalized spacial score (nSPS) is 11.2. The van der Waals surface area contributed by atoms with Crippen LogP contribution in [-0.2, 0) is 12.8 Å². The molecule has 10 aromatic carbocycles. The topological polar surface area (TPSA) is 8.17 Å². The largest absolute Gasteiger partial charge is 0.310 e. The van der Waals surface area contributed by atoms with Crippen LogP contribution in [0.25, 0.3) is 60.9 Å². The van der Waals surface area contributed by atoms with Crippen molar-refractivity contribution in [1.29, 1.82) is 0 Å². The molecule has 0 N–H and O–H groups in total. The Balaban J connectivity index is 1.05. The molecule has 0 aliphatic heterocycles. The third kappa shape index (κ3) is 7.57. The average Bonchev–Trinajstić information content (AvgIpc) is 3.70. The summed E-state index contributed by atoms with van der Waals surface area (Å²) in [5, 5.41) is 2.48. The first-order valence-electron chi connectivity index (χ1n) is 22.2. The lowest BCUT2D eigenvalue weighted by Crippen LogP contribution is -2.10. The molecular weight excluding hydrogens is 773 g/mol. The molecule has 0 unspecified atom stereocenters. The van der Waals surface area contributed by atoms with Crippen LogP contribution in [0.1, 0.15) is 22.3 Å². The number of hydrogen-bond acceptors (Lipinski definition) is 1. The highest BCUT2D eigenvalue weighted by Crippen LogP contribution is 2.43. The molecule has 0 bridgehead atoms. The van der Waals surface area contributed by atoms with Gasteiger partial charge in [0.15, 0.2) is 0 Å². The summed E-state index contributed by atoms with van der Waals surface area (Å²) in [5.41, 5.74) is 19.4. The molecule has 1 aromatic heterocycles. The maximum absolute atomic E-state index is 2.43. The van der Waals surface area contributed by atoms with Crippen LogP contribution in [0.5, 0.6) is 0 Å². The minimum absolute atomic E-state index is 0.800. The van der Waals surface area contributed by atoms with Crippen molar-refractivity contribution >= 4 is 38.9 Å². The lowest BCUT2D eigenvalue weighted by atomic mass is 9.90. The molecule has 11 rings (SSSR count). The molecule has 0 spiro atoms. The van der Waals surface area contributed by atoms with Gasteiger partial charge in [-0.15, -0.1) is 0 Å². The molecule has 0 aliphatic carbocycles. The second-order valence-corrected chi connectivity index (χ2v) is 16.5. The molecule has 11 aromatic rings. The van der Waals surface area contributed by atoms with E-state index in [1.165, 1.54) is 71.9 Å². The molecule has 64 heavy (non-hydrogen) atoms. The number of rotatable bonds is 11. The molecule has 0 amide bonds. The molecule has 0 saturated heterocycles. The molecule has 0 radical (unpaired) electrons. The summed E-state index contributed by atoms with van der Waals surface area (Å²) in [4.78, 5) is 2.42. The Morgan fingerprint density at radius 3 is 1.50 bits per heavy atom. The predicted octanol–water partition coefficient (Wildman–Crippen LogP) is 16.4. The van der Waals surface area contributed by atoms with Gasteiger partial charge in [0.1, 0.15) is 0 Å². The molecule has 0 atom stereocenters. The van der Waals surface area contributed by atoms with Gasteiger partial charge in [-0.05, 0) is 123 Å². The Hall–Kier alpha value is -8.20. The first-order chi connectivity index (χ1) is 31.7. The highest BCUT2D eigenvalue weighted by atomic mass is 15.1. The highest BCUT2D eigenvalue weighted by molar-refractivity contribution is 6.16. The van der Waals surface area contributed by atoms with E-state index in [0.29, 0.717) is 0 Å². The lowest BCUT2D eigenvalue weighted by molar-refractivity contribution is 1.16. The van der Waals surface area contributed by atoms with Crippen molar-refractivity contribution in [1.82, 2.24) is 4.57 Å². The maximum Gasteiger partial charge on any atom is 0.0562 e. The molecule has 2 nitrogen and oxygen atoms in total. The number of aromatic nitrogens is 1. The van der Waals surface area contributed by atoms with Gasteiger partial charge in [0.05, 0.1) is 11.0 Å². The van der Waals surface area contributed by atoms with E-state index >= 15 is 0 Å². The van der Waals surface area contributed by atoms with Gasteiger partial charge in [0.2, 0.25) is 0 Å². The van der Waals surface area contributed by atoms with E-state index in [4.69, 9.17) is 0 Å². The Morgan fingerprint density at radius 1 is 0.312 bits per heavy atom. The number of para-hydroxylation sites is 1. The van der Waals surface area contributed by atoms with Crippen LogP contribution < -0.4 is 4.90 Å². The quantitative estimate of drug-likeness (QED) is 0.126. The minimum atomic E-state index is 0.800. The fraction of sp³-hybridized carbons (Fsp3) is 0.0323. The van der Waals surface area contributed by atoms with E-state index in [1.54, 1.807) is 0 Å². The fourth-order valence-electron chi connectivity index (χ4n) is 9.50. The van der Waals surface area contributed by atoms with Crippen LogP contribution in [-0.4, -0.2) is 4.57 Å². The number of hydrogen-bond donors (Lipinski definition) is 0. The first kappa shape index (κ1) is 38.7. The summed E-state index contributed by atoms with van der Waals surface area (Å²) < 4.78 is 2.43. The smallest absolute Gasteiger partial charge is 0.0562 e. The molecule has 304 valence electrons. The van der Waals surface area contributed by atoms with Crippen molar-refractivity contribution in [2.45, 2.75) is 12.8 Å². The monoisotopic (exact) mass is 818 g/mol. The standard InChI is InChI=1S/C62H46N2/c1-5-19-45(20-6-1)41-50-26-13-15-31-56(50)57-32-16-14-27-51(57)42-46-21-17-30-54(43-46)63(53-37-35-48(36-38-53)47-22-7-2-8-23-47)55-39-40-59-61(44-55)64(52-28-11-4-12-29-52)60-34-18-33-58(62(59)60)49-24-9-3-10-25-49/h1-40,43-44H,41-42H2. The van der Waals surface area contributed by atoms with Gasteiger partial charge in [-0.3, -0.25) is 0 Å².